The molecule has 0 spiro atoms. The van der Waals surface area contributed by atoms with Gasteiger partial charge in [0, 0.05) is 28.3 Å². The number of nitrogens with zero attached hydrogens (tertiary/aromatic N) is 1. The molecule has 0 amide bonds. The molecule has 1 aromatic heterocycles. The standard InChI is InChI=1S/C29H34N2O2S/c1-18(2)20-12-13-22-21(16-20)23-24(34-27(31-23)30-17-19-10-7-6-8-11-19)25-28(22,3)14-9-15-29(25,4)26(32)33-5/h6-8,10-13,16,18,25H,9,14-15,17H2,1-5H3,(H,30,31)/t25?,28-,29-/m1/s1. The number of thiazole rings is 1. The average molecular weight is 475 g/mol. The molecule has 1 unspecified atom stereocenters. The summed E-state index contributed by atoms with van der Waals surface area (Å²) in [6.07, 6.45) is 2.91. The van der Waals surface area contributed by atoms with E-state index >= 15 is 0 Å². The van der Waals surface area contributed by atoms with Gasteiger partial charge in [0.2, 0.25) is 0 Å². The summed E-state index contributed by atoms with van der Waals surface area (Å²) in [6, 6.07) is 17.3. The SMILES string of the molecule is COC(=O)[C@]1(C)CCC[C@]2(C)c3ccc(C(C)C)cc3-c3nc(NCc4ccccc4)sc3C12. The van der Waals surface area contributed by atoms with Crippen LogP contribution in [0.25, 0.3) is 11.3 Å². The monoisotopic (exact) mass is 474 g/mol. The predicted molar refractivity (Wildman–Crippen MR) is 139 cm³/mol. The van der Waals surface area contributed by atoms with Crippen molar-refractivity contribution >= 4 is 22.4 Å². The first-order valence-corrected chi connectivity index (χ1v) is 13.1. The van der Waals surface area contributed by atoms with Gasteiger partial charge < -0.3 is 10.1 Å². The van der Waals surface area contributed by atoms with E-state index in [1.54, 1.807) is 11.3 Å². The van der Waals surface area contributed by atoms with E-state index in [4.69, 9.17) is 9.72 Å². The number of carbonyl (C=O) groups excluding carboxylic acids is 1. The number of benzene rings is 2. The van der Waals surface area contributed by atoms with Crippen LogP contribution in [-0.2, 0) is 21.5 Å². The Kier molecular flexibility index (Phi) is 5.79. The van der Waals surface area contributed by atoms with Gasteiger partial charge in [-0.1, -0.05) is 69.7 Å². The molecule has 4 nitrogen and oxygen atoms in total. The second kappa shape index (κ2) is 8.53. The summed E-state index contributed by atoms with van der Waals surface area (Å²) in [5.74, 6) is 0.377. The molecule has 178 valence electrons. The van der Waals surface area contributed by atoms with Crippen molar-refractivity contribution in [3.8, 4) is 11.3 Å². The molecule has 0 aliphatic heterocycles. The fraction of sp³-hybridized carbons (Fsp3) is 0.448. The first-order chi connectivity index (χ1) is 16.3. The molecule has 0 saturated heterocycles. The van der Waals surface area contributed by atoms with Crippen molar-refractivity contribution < 1.29 is 9.53 Å². The average Bonchev–Trinajstić information content (AvgIpc) is 3.26. The Bertz CT molecular complexity index is 1220. The Morgan fingerprint density at radius 2 is 1.94 bits per heavy atom. The number of rotatable bonds is 5. The van der Waals surface area contributed by atoms with Crippen LogP contribution in [0, 0.1) is 5.41 Å². The van der Waals surface area contributed by atoms with Crippen LogP contribution in [0.4, 0.5) is 5.13 Å². The highest BCUT2D eigenvalue weighted by Gasteiger charge is 2.58. The zero-order valence-corrected chi connectivity index (χ0v) is 21.6. The summed E-state index contributed by atoms with van der Waals surface area (Å²) < 4.78 is 5.38. The summed E-state index contributed by atoms with van der Waals surface area (Å²) >= 11 is 1.72. The highest BCUT2D eigenvalue weighted by Crippen LogP contribution is 2.64. The molecule has 0 bridgehead atoms. The molecule has 3 aromatic rings. The van der Waals surface area contributed by atoms with Gasteiger partial charge in [0.1, 0.15) is 0 Å². The molecule has 34 heavy (non-hydrogen) atoms. The molecule has 0 radical (unpaired) electrons. The van der Waals surface area contributed by atoms with E-state index in [1.165, 1.54) is 34.2 Å². The van der Waals surface area contributed by atoms with Gasteiger partial charge in [0.05, 0.1) is 18.2 Å². The van der Waals surface area contributed by atoms with E-state index < -0.39 is 5.41 Å². The Balaban J connectivity index is 1.66. The van der Waals surface area contributed by atoms with E-state index in [-0.39, 0.29) is 17.3 Å². The molecule has 5 rings (SSSR count). The normalized spacial score (nSPS) is 25.3. The van der Waals surface area contributed by atoms with E-state index in [0.717, 1.165) is 36.6 Å². The molecule has 5 heteroatoms. The number of hydrogen-bond donors (Lipinski definition) is 1. The van der Waals surface area contributed by atoms with Crippen LogP contribution in [0.1, 0.15) is 80.4 Å². The molecule has 1 N–H and O–H groups in total. The summed E-state index contributed by atoms with van der Waals surface area (Å²) in [5, 5.41) is 4.47. The number of anilines is 1. The van der Waals surface area contributed by atoms with E-state index in [2.05, 4.69) is 75.5 Å². The van der Waals surface area contributed by atoms with Crippen molar-refractivity contribution in [2.75, 3.05) is 12.4 Å². The summed E-state index contributed by atoms with van der Waals surface area (Å²) in [7, 11) is 1.52. The van der Waals surface area contributed by atoms with E-state index in [1.807, 2.05) is 6.07 Å². The van der Waals surface area contributed by atoms with Gasteiger partial charge in [-0.2, -0.15) is 0 Å². The Labute approximate surface area is 206 Å². The Morgan fingerprint density at radius 1 is 1.18 bits per heavy atom. The minimum absolute atomic E-state index is 0.0402. The third-order valence-electron chi connectivity index (χ3n) is 8.10. The van der Waals surface area contributed by atoms with Gasteiger partial charge in [0.15, 0.2) is 5.13 Å². The number of ether oxygens (including phenoxy) is 1. The van der Waals surface area contributed by atoms with Gasteiger partial charge in [-0.25, -0.2) is 4.98 Å². The van der Waals surface area contributed by atoms with Gasteiger partial charge in [-0.3, -0.25) is 4.79 Å². The minimum atomic E-state index is -0.575. The lowest BCUT2D eigenvalue weighted by Crippen LogP contribution is -2.50. The first-order valence-electron chi connectivity index (χ1n) is 12.3. The predicted octanol–water partition coefficient (Wildman–Crippen LogP) is 7.26. The van der Waals surface area contributed by atoms with Gasteiger partial charge >= 0.3 is 5.97 Å². The molecular weight excluding hydrogens is 440 g/mol. The summed E-state index contributed by atoms with van der Waals surface area (Å²) in [6.45, 7) is 9.65. The number of carbonyl (C=O) groups is 1. The van der Waals surface area contributed by atoms with Crippen LogP contribution in [0.3, 0.4) is 0 Å². The minimum Gasteiger partial charge on any atom is -0.469 e. The molecule has 2 aliphatic rings. The molecule has 1 heterocycles. The van der Waals surface area contributed by atoms with Crippen LogP contribution >= 0.6 is 11.3 Å². The van der Waals surface area contributed by atoms with Crippen molar-refractivity contribution in [3.63, 3.8) is 0 Å². The van der Waals surface area contributed by atoms with Crippen molar-refractivity contribution in [1.29, 1.82) is 0 Å². The Hall–Kier alpha value is -2.66. The molecule has 2 aromatic carbocycles. The topological polar surface area (TPSA) is 51.2 Å². The number of nitrogens with one attached hydrogen (secondary N) is 1. The van der Waals surface area contributed by atoms with E-state index in [0.29, 0.717) is 5.92 Å². The van der Waals surface area contributed by atoms with Crippen LogP contribution < -0.4 is 5.32 Å². The summed E-state index contributed by atoms with van der Waals surface area (Å²) in [4.78, 5) is 19.6. The second-order valence-electron chi connectivity index (χ2n) is 10.6. The summed E-state index contributed by atoms with van der Waals surface area (Å²) in [5.41, 5.74) is 5.43. The molecule has 3 atom stereocenters. The lowest BCUT2D eigenvalue weighted by Gasteiger charge is -2.53. The van der Waals surface area contributed by atoms with Gasteiger partial charge in [-0.05, 0) is 48.4 Å². The third-order valence-corrected chi connectivity index (χ3v) is 9.18. The van der Waals surface area contributed by atoms with Crippen molar-refractivity contribution in [2.45, 2.75) is 70.8 Å². The highest BCUT2D eigenvalue weighted by atomic mass is 32.1. The van der Waals surface area contributed by atoms with Gasteiger partial charge in [0.25, 0.3) is 0 Å². The van der Waals surface area contributed by atoms with Crippen LogP contribution in [0.15, 0.2) is 48.5 Å². The third kappa shape index (κ3) is 3.56. The highest BCUT2D eigenvalue weighted by molar-refractivity contribution is 7.16. The molecule has 2 aliphatic carbocycles. The zero-order valence-electron chi connectivity index (χ0n) is 20.8. The Morgan fingerprint density at radius 3 is 2.65 bits per heavy atom. The quantitative estimate of drug-likeness (QED) is 0.395. The number of esters is 1. The fourth-order valence-electron chi connectivity index (χ4n) is 6.32. The van der Waals surface area contributed by atoms with Crippen LogP contribution in [0.2, 0.25) is 0 Å². The molecular formula is C29H34N2O2S. The number of methoxy groups -OCH3 is 1. The lowest BCUT2D eigenvalue weighted by atomic mass is 9.50. The van der Waals surface area contributed by atoms with Crippen LogP contribution in [-0.4, -0.2) is 18.1 Å². The number of aromatic nitrogens is 1. The zero-order chi connectivity index (χ0) is 24.1. The maximum absolute atomic E-state index is 13.2. The van der Waals surface area contributed by atoms with Gasteiger partial charge in [-0.15, -0.1) is 11.3 Å². The van der Waals surface area contributed by atoms with Crippen LogP contribution in [0.5, 0.6) is 0 Å². The largest absolute Gasteiger partial charge is 0.469 e. The molecule has 1 saturated carbocycles. The van der Waals surface area contributed by atoms with Crippen molar-refractivity contribution in [1.82, 2.24) is 4.98 Å². The fourth-order valence-corrected chi connectivity index (χ4v) is 7.70. The smallest absolute Gasteiger partial charge is 0.312 e. The van der Waals surface area contributed by atoms with E-state index in [9.17, 15) is 4.79 Å². The van der Waals surface area contributed by atoms with Crippen molar-refractivity contribution in [3.05, 3.63) is 70.1 Å². The lowest BCUT2D eigenvalue weighted by molar-refractivity contribution is -0.157. The maximum Gasteiger partial charge on any atom is 0.312 e. The molecule has 1 fully saturated rings. The maximum atomic E-state index is 13.2. The van der Waals surface area contributed by atoms with Crippen molar-refractivity contribution in [2.24, 2.45) is 5.41 Å². The number of hydrogen-bond acceptors (Lipinski definition) is 5. The first kappa shape index (κ1) is 23.1. The second-order valence-corrected chi connectivity index (χ2v) is 11.7. The number of fused-ring (bicyclic) bond motifs is 6.